The number of hydrogen-bond acceptors (Lipinski definition) is 6. The molecule has 4 aromatic rings. The summed E-state index contributed by atoms with van der Waals surface area (Å²) in [4.78, 5) is 41.0. The minimum Gasteiger partial charge on any atom is -0.543 e. The molecule has 2 heterocycles. The fraction of sp³-hybridized carbons (Fsp3) is 0.154. The summed E-state index contributed by atoms with van der Waals surface area (Å²) in [6.07, 6.45) is 3.46. The molecule has 0 aliphatic rings. The van der Waals surface area contributed by atoms with Crippen LogP contribution in [0, 0.1) is 0 Å². The molecule has 0 aliphatic heterocycles. The van der Waals surface area contributed by atoms with Gasteiger partial charge in [0.2, 0.25) is 5.91 Å². The van der Waals surface area contributed by atoms with Crippen molar-refractivity contribution in [1.82, 2.24) is 13.6 Å². The number of aromatic nitrogens is 3. The van der Waals surface area contributed by atoms with Crippen molar-refractivity contribution < 1.29 is 24.2 Å². The molecule has 1 N–H and O–H groups in total. The molecule has 2 aromatic carbocycles. The third-order valence-electron chi connectivity index (χ3n) is 5.67. The summed E-state index contributed by atoms with van der Waals surface area (Å²) in [7, 11) is 1.29. The van der Waals surface area contributed by atoms with E-state index in [0.29, 0.717) is 12.1 Å². The Balaban J connectivity index is 1.54. The highest BCUT2D eigenvalue weighted by molar-refractivity contribution is 6.17. The van der Waals surface area contributed by atoms with Crippen LogP contribution in [0.25, 0.3) is 0 Å². The molecule has 0 radical (unpaired) electrons. The number of carbonyl (C=O) groups excluding carboxylic acids is 3. The molecule has 0 saturated heterocycles. The number of anilines is 1. The molecule has 10 heteroatoms. The number of halogens is 1. The van der Waals surface area contributed by atoms with Crippen molar-refractivity contribution in [3.8, 4) is 0 Å². The maximum Gasteiger partial charge on any atom is 0.354 e. The van der Waals surface area contributed by atoms with Gasteiger partial charge in [-0.25, -0.2) is 13.9 Å². The van der Waals surface area contributed by atoms with Crippen molar-refractivity contribution in [3.63, 3.8) is 0 Å². The predicted octanol–water partition coefficient (Wildman–Crippen LogP) is 2.85. The number of ether oxygens (including phenoxy) is 1. The lowest BCUT2D eigenvalue weighted by atomic mass is 10.0. The summed E-state index contributed by atoms with van der Waals surface area (Å²) >= 11 is 5.81. The van der Waals surface area contributed by atoms with Gasteiger partial charge >= 0.3 is 5.97 Å². The number of carbonyl (C=O) groups is 3. The lowest BCUT2D eigenvalue weighted by Crippen LogP contribution is -2.29. The van der Waals surface area contributed by atoms with Crippen LogP contribution in [0.2, 0.25) is 0 Å². The van der Waals surface area contributed by atoms with Crippen LogP contribution in [-0.4, -0.2) is 38.6 Å². The monoisotopic (exact) mass is 505 g/mol. The van der Waals surface area contributed by atoms with Crippen LogP contribution in [0.5, 0.6) is 0 Å². The van der Waals surface area contributed by atoms with Gasteiger partial charge in [-0.3, -0.25) is 4.79 Å². The summed E-state index contributed by atoms with van der Waals surface area (Å²) in [5.41, 5.74) is 2.58. The molecule has 0 spiro atoms. The van der Waals surface area contributed by atoms with Crippen molar-refractivity contribution in [3.05, 3.63) is 107 Å². The van der Waals surface area contributed by atoms with Gasteiger partial charge in [0, 0.05) is 36.5 Å². The molecule has 0 bridgehead atoms. The Morgan fingerprint density at radius 3 is 2.42 bits per heavy atom. The van der Waals surface area contributed by atoms with E-state index >= 15 is 0 Å². The Bertz CT molecular complexity index is 1380. The first-order chi connectivity index (χ1) is 17.4. The molecule has 36 heavy (non-hydrogen) atoms. The number of rotatable bonds is 9. The molecule has 0 fully saturated rings. The minimum atomic E-state index is -1.41. The number of amides is 1. The standard InChI is InChI=1S/C26H23ClN4O5/c1-36-26(35)21-8-5-13-30(21)22(15-17-6-3-2-4-7-17)24(32)29-19-11-9-18(10-12-19)14-20-23(25(33)34)31(27)16-28-20/h2-13,16,22H,14-15H2,1H3,(H,29,32)(H,33,34)/p-1. The molecule has 1 unspecified atom stereocenters. The van der Waals surface area contributed by atoms with Gasteiger partial charge in [0.15, 0.2) is 0 Å². The summed E-state index contributed by atoms with van der Waals surface area (Å²) in [5, 5.41) is 14.2. The van der Waals surface area contributed by atoms with Gasteiger partial charge in [0.1, 0.15) is 23.8 Å². The number of aromatic carboxylic acids is 1. The highest BCUT2D eigenvalue weighted by Gasteiger charge is 2.25. The highest BCUT2D eigenvalue weighted by atomic mass is 35.5. The van der Waals surface area contributed by atoms with E-state index in [9.17, 15) is 19.5 Å². The summed E-state index contributed by atoms with van der Waals surface area (Å²) in [6, 6.07) is 19.0. The van der Waals surface area contributed by atoms with Crippen molar-refractivity contribution in [2.45, 2.75) is 18.9 Å². The largest absolute Gasteiger partial charge is 0.543 e. The Labute approximate surface area is 212 Å². The van der Waals surface area contributed by atoms with E-state index in [2.05, 4.69) is 10.3 Å². The van der Waals surface area contributed by atoms with Crippen molar-refractivity contribution in [1.29, 1.82) is 0 Å². The number of nitrogens with zero attached hydrogens (tertiary/aromatic N) is 3. The third kappa shape index (κ3) is 5.47. The van der Waals surface area contributed by atoms with Crippen LogP contribution in [0.4, 0.5) is 5.69 Å². The first kappa shape index (κ1) is 24.7. The molecular formula is C26H22ClN4O5-. The van der Waals surface area contributed by atoms with Crippen molar-refractivity contribution in [2.24, 2.45) is 0 Å². The fourth-order valence-electron chi connectivity index (χ4n) is 3.92. The van der Waals surface area contributed by atoms with Gasteiger partial charge in [0.25, 0.3) is 0 Å². The summed E-state index contributed by atoms with van der Waals surface area (Å²) in [6.45, 7) is 0. The average molecular weight is 506 g/mol. The summed E-state index contributed by atoms with van der Waals surface area (Å²) in [5.74, 6) is -2.26. The zero-order valence-electron chi connectivity index (χ0n) is 19.3. The number of carboxylic acids is 1. The van der Waals surface area contributed by atoms with Crippen LogP contribution in [0.1, 0.15) is 43.8 Å². The molecule has 1 amide bonds. The number of nitrogens with one attached hydrogen (secondary N) is 1. The van der Waals surface area contributed by atoms with E-state index in [4.69, 9.17) is 16.5 Å². The van der Waals surface area contributed by atoms with Crippen molar-refractivity contribution in [2.75, 3.05) is 12.4 Å². The number of imidazole rings is 1. The number of esters is 1. The molecule has 0 aliphatic carbocycles. The lowest BCUT2D eigenvalue weighted by molar-refractivity contribution is -0.255. The van der Waals surface area contributed by atoms with E-state index < -0.39 is 18.0 Å². The van der Waals surface area contributed by atoms with Crippen LogP contribution in [0.15, 0.2) is 79.3 Å². The van der Waals surface area contributed by atoms with Crippen LogP contribution >= 0.6 is 11.8 Å². The third-order valence-corrected chi connectivity index (χ3v) is 5.93. The van der Waals surface area contributed by atoms with E-state index in [1.807, 2.05) is 30.3 Å². The van der Waals surface area contributed by atoms with Crippen LogP contribution < -0.4 is 10.4 Å². The summed E-state index contributed by atoms with van der Waals surface area (Å²) < 4.78 is 7.36. The van der Waals surface area contributed by atoms with E-state index in [1.165, 1.54) is 13.4 Å². The van der Waals surface area contributed by atoms with Gasteiger partial charge < -0.3 is 24.5 Å². The second kappa shape index (κ2) is 10.9. The molecule has 0 saturated carbocycles. The Kier molecular flexibility index (Phi) is 7.50. The Morgan fingerprint density at radius 2 is 1.75 bits per heavy atom. The average Bonchev–Trinajstić information content (AvgIpc) is 3.50. The SMILES string of the molecule is COC(=O)c1cccn1C(Cc1ccccc1)C(=O)Nc1ccc(Cc2ncn(Cl)c2C(=O)[O-])cc1. The fourth-order valence-corrected chi connectivity index (χ4v) is 4.13. The van der Waals surface area contributed by atoms with Crippen LogP contribution in [0.3, 0.4) is 0 Å². The molecule has 2 aromatic heterocycles. The zero-order chi connectivity index (χ0) is 25.7. The number of methoxy groups -OCH3 is 1. The quantitative estimate of drug-likeness (QED) is 0.349. The van der Waals surface area contributed by atoms with E-state index in [-0.39, 0.29) is 29.4 Å². The number of carboxylic acid groups (broad SMARTS) is 1. The maximum absolute atomic E-state index is 13.4. The molecule has 9 nitrogen and oxygen atoms in total. The Morgan fingerprint density at radius 1 is 1.03 bits per heavy atom. The number of benzene rings is 2. The molecular weight excluding hydrogens is 484 g/mol. The minimum absolute atomic E-state index is 0.203. The first-order valence-corrected chi connectivity index (χ1v) is 11.3. The first-order valence-electron chi connectivity index (χ1n) is 11.0. The second-order valence-electron chi connectivity index (χ2n) is 8.00. The van der Waals surface area contributed by atoms with Gasteiger partial charge in [-0.2, -0.15) is 0 Å². The molecule has 184 valence electrons. The van der Waals surface area contributed by atoms with E-state index in [1.54, 1.807) is 47.2 Å². The van der Waals surface area contributed by atoms with Gasteiger partial charge in [-0.05, 0) is 35.4 Å². The van der Waals surface area contributed by atoms with E-state index in [0.717, 1.165) is 15.2 Å². The topological polar surface area (TPSA) is 118 Å². The van der Waals surface area contributed by atoms with Gasteiger partial charge in [-0.1, -0.05) is 42.5 Å². The Hall–Kier alpha value is -4.37. The highest BCUT2D eigenvalue weighted by Crippen LogP contribution is 2.22. The lowest BCUT2D eigenvalue weighted by Gasteiger charge is -2.21. The smallest absolute Gasteiger partial charge is 0.354 e. The second-order valence-corrected chi connectivity index (χ2v) is 8.36. The zero-order valence-corrected chi connectivity index (χ0v) is 20.0. The predicted molar refractivity (Wildman–Crippen MR) is 131 cm³/mol. The van der Waals surface area contributed by atoms with Gasteiger partial charge in [-0.15, -0.1) is 0 Å². The normalized spacial score (nSPS) is 11.6. The number of hydrogen-bond donors (Lipinski definition) is 1. The van der Waals surface area contributed by atoms with Crippen LogP contribution in [-0.2, 0) is 22.4 Å². The molecule has 1 atom stereocenters. The maximum atomic E-state index is 13.4. The van der Waals surface area contributed by atoms with Crippen molar-refractivity contribution >= 4 is 35.3 Å². The van der Waals surface area contributed by atoms with Gasteiger partial charge in [0.05, 0.1) is 18.8 Å². The molecule has 4 rings (SSSR count).